The maximum atomic E-state index is 12.7. The van der Waals surface area contributed by atoms with E-state index in [0.717, 1.165) is 5.56 Å². The molecule has 0 fully saturated rings. The van der Waals surface area contributed by atoms with Crippen molar-refractivity contribution >= 4 is 5.95 Å². The van der Waals surface area contributed by atoms with Gasteiger partial charge in [-0.3, -0.25) is 9.78 Å². The van der Waals surface area contributed by atoms with Crippen molar-refractivity contribution < 1.29 is 4.39 Å². The van der Waals surface area contributed by atoms with Gasteiger partial charge in [0.05, 0.1) is 0 Å². The molecule has 2 rings (SSSR count). The molecule has 0 saturated heterocycles. The number of nitrogens with one attached hydrogen (secondary N) is 2. The standard InChI is InChI=1S/C11H11FN4O/c1-7-10(17)14-11(16-15-7)13-6-8-2-4-9(12)5-3-8/h2-5H,6H2,1H3,(H2,13,14,16,17). The minimum absolute atomic E-state index is 0.276. The van der Waals surface area contributed by atoms with E-state index in [1.807, 2.05) is 0 Å². The molecule has 1 aromatic carbocycles. The van der Waals surface area contributed by atoms with Crippen LogP contribution in [0.1, 0.15) is 11.3 Å². The first-order chi connectivity index (χ1) is 8.15. The Balaban J connectivity index is 2.04. The normalized spacial score (nSPS) is 10.2. The Morgan fingerprint density at radius 3 is 2.65 bits per heavy atom. The van der Waals surface area contributed by atoms with Crippen molar-refractivity contribution in [3.8, 4) is 0 Å². The fourth-order valence-corrected chi connectivity index (χ4v) is 1.26. The number of aromatic amines is 1. The second kappa shape index (κ2) is 4.73. The summed E-state index contributed by atoms with van der Waals surface area (Å²) < 4.78 is 12.7. The quantitative estimate of drug-likeness (QED) is 0.837. The minimum Gasteiger partial charge on any atom is -0.350 e. The molecule has 1 heterocycles. The number of nitrogens with zero attached hydrogens (tertiary/aromatic N) is 2. The molecule has 17 heavy (non-hydrogen) atoms. The molecule has 0 aliphatic rings. The molecule has 0 saturated carbocycles. The van der Waals surface area contributed by atoms with Gasteiger partial charge in [0, 0.05) is 6.54 Å². The third-order valence-corrected chi connectivity index (χ3v) is 2.23. The molecule has 0 bridgehead atoms. The van der Waals surface area contributed by atoms with Gasteiger partial charge in [0.2, 0.25) is 5.95 Å². The van der Waals surface area contributed by atoms with Crippen LogP contribution in [0.5, 0.6) is 0 Å². The van der Waals surface area contributed by atoms with Crippen LogP contribution in [-0.4, -0.2) is 15.2 Å². The number of H-pyrrole nitrogens is 1. The molecule has 2 aromatic rings. The minimum atomic E-state index is -0.280. The fourth-order valence-electron chi connectivity index (χ4n) is 1.26. The van der Waals surface area contributed by atoms with Crippen LogP contribution in [0.4, 0.5) is 10.3 Å². The third kappa shape index (κ3) is 2.87. The van der Waals surface area contributed by atoms with Crippen LogP contribution in [0.2, 0.25) is 0 Å². The highest BCUT2D eigenvalue weighted by molar-refractivity contribution is 5.26. The molecule has 1 aromatic heterocycles. The van der Waals surface area contributed by atoms with Crippen molar-refractivity contribution in [1.29, 1.82) is 0 Å². The average Bonchev–Trinajstić information content (AvgIpc) is 2.33. The van der Waals surface area contributed by atoms with Crippen molar-refractivity contribution in [2.75, 3.05) is 5.32 Å². The maximum Gasteiger partial charge on any atom is 0.273 e. The fraction of sp³-hybridized carbons (Fsp3) is 0.182. The van der Waals surface area contributed by atoms with Gasteiger partial charge in [-0.1, -0.05) is 12.1 Å². The van der Waals surface area contributed by atoms with E-state index in [9.17, 15) is 9.18 Å². The maximum absolute atomic E-state index is 12.7. The highest BCUT2D eigenvalue weighted by atomic mass is 19.1. The summed E-state index contributed by atoms with van der Waals surface area (Å²) in [5.41, 5.74) is 0.925. The second-order valence-electron chi connectivity index (χ2n) is 3.57. The van der Waals surface area contributed by atoms with Crippen LogP contribution in [0.15, 0.2) is 29.1 Å². The number of aromatic nitrogens is 3. The number of hydrogen-bond acceptors (Lipinski definition) is 4. The van der Waals surface area contributed by atoms with Crippen LogP contribution < -0.4 is 10.9 Å². The molecule has 0 spiro atoms. The smallest absolute Gasteiger partial charge is 0.273 e. The summed E-state index contributed by atoms with van der Waals surface area (Å²) in [6.07, 6.45) is 0. The van der Waals surface area contributed by atoms with E-state index in [1.165, 1.54) is 12.1 Å². The van der Waals surface area contributed by atoms with Gasteiger partial charge in [-0.2, -0.15) is 0 Å². The molecule has 0 aliphatic heterocycles. The van der Waals surface area contributed by atoms with E-state index < -0.39 is 0 Å². The van der Waals surface area contributed by atoms with Gasteiger partial charge in [-0.25, -0.2) is 4.39 Å². The molecule has 5 nitrogen and oxygen atoms in total. The zero-order valence-electron chi connectivity index (χ0n) is 9.20. The van der Waals surface area contributed by atoms with Crippen molar-refractivity contribution in [2.24, 2.45) is 0 Å². The van der Waals surface area contributed by atoms with E-state index in [2.05, 4.69) is 20.5 Å². The third-order valence-electron chi connectivity index (χ3n) is 2.23. The molecular formula is C11H11FN4O. The highest BCUT2D eigenvalue weighted by Crippen LogP contribution is 2.04. The number of benzene rings is 1. The lowest BCUT2D eigenvalue weighted by Gasteiger charge is -2.04. The topological polar surface area (TPSA) is 70.7 Å². The van der Waals surface area contributed by atoms with Gasteiger partial charge in [-0.15, -0.1) is 10.2 Å². The first-order valence-electron chi connectivity index (χ1n) is 5.07. The zero-order valence-corrected chi connectivity index (χ0v) is 9.20. The first-order valence-corrected chi connectivity index (χ1v) is 5.07. The second-order valence-corrected chi connectivity index (χ2v) is 3.57. The SMILES string of the molecule is Cc1nnc(NCc2ccc(F)cc2)[nH]c1=O. The lowest BCUT2D eigenvalue weighted by Crippen LogP contribution is -2.17. The number of halogens is 1. The predicted octanol–water partition coefficient (Wildman–Crippen LogP) is 1.22. The molecule has 0 unspecified atom stereocenters. The van der Waals surface area contributed by atoms with Crippen molar-refractivity contribution in [1.82, 2.24) is 15.2 Å². The molecule has 2 N–H and O–H groups in total. The highest BCUT2D eigenvalue weighted by Gasteiger charge is 1.99. The molecular weight excluding hydrogens is 223 g/mol. The van der Waals surface area contributed by atoms with Gasteiger partial charge in [-0.05, 0) is 24.6 Å². The summed E-state index contributed by atoms with van der Waals surface area (Å²) in [6.45, 7) is 2.02. The Bertz CT molecular complexity index is 564. The Morgan fingerprint density at radius 2 is 2.00 bits per heavy atom. The van der Waals surface area contributed by atoms with Gasteiger partial charge in [0.15, 0.2) is 0 Å². The Labute approximate surface area is 96.7 Å². The van der Waals surface area contributed by atoms with Crippen LogP contribution in [0.25, 0.3) is 0 Å². The van der Waals surface area contributed by atoms with Gasteiger partial charge >= 0.3 is 0 Å². The van der Waals surface area contributed by atoms with Crippen molar-refractivity contribution in [2.45, 2.75) is 13.5 Å². The van der Waals surface area contributed by atoms with Crippen LogP contribution in [0.3, 0.4) is 0 Å². The molecule has 0 amide bonds. The van der Waals surface area contributed by atoms with E-state index in [0.29, 0.717) is 18.2 Å². The first kappa shape index (κ1) is 11.3. The summed E-state index contributed by atoms with van der Waals surface area (Å²) in [4.78, 5) is 13.8. The molecule has 88 valence electrons. The number of aryl methyl sites for hydroxylation is 1. The zero-order chi connectivity index (χ0) is 12.3. The number of anilines is 1. The Morgan fingerprint density at radius 1 is 1.29 bits per heavy atom. The predicted molar refractivity (Wildman–Crippen MR) is 61.1 cm³/mol. The van der Waals surface area contributed by atoms with Gasteiger partial charge in [0.1, 0.15) is 11.5 Å². The Hall–Kier alpha value is -2.24. The number of hydrogen-bond donors (Lipinski definition) is 2. The molecule has 0 atom stereocenters. The van der Waals surface area contributed by atoms with Crippen molar-refractivity contribution in [3.63, 3.8) is 0 Å². The van der Waals surface area contributed by atoms with Crippen LogP contribution >= 0.6 is 0 Å². The average molecular weight is 234 g/mol. The summed E-state index contributed by atoms with van der Waals surface area (Å²) in [6, 6.07) is 6.06. The molecule has 0 aliphatic carbocycles. The van der Waals surface area contributed by atoms with E-state index in [1.54, 1.807) is 19.1 Å². The monoisotopic (exact) mass is 234 g/mol. The largest absolute Gasteiger partial charge is 0.350 e. The van der Waals surface area contributed by atoms with Gasteiger partial charge < -0.3 is 5.32 Å². The van der Waals surface area contributed by atoms with Crippen LogP contribution in [0, 0.1) is 12.7 Å². The summed E-state index contributed by atoms with van der Waals surface area (Å²) >= 11 is 0. The van der Waals surface area contributed by atoms with E-state index >= 15 is 0 Å². The summed E-state index contributed by atoms with van der Waals surface area (Å²) in [5, 5.41) is 10.4. The molecule has 0 radical (unpaired) electrons. The lowest BCUT2D eigenvalue weighted by atomic mass is 10.2. The van der Waals surface area contributed by atoms with Crippen molar-refractivity contribution in [3.05, 3.63) is 51.7 Å². The van der Waals surface area contributed by atoms with Crippen LogP contribution in [-0.2, 0) is 6.54 Å². The molecule has 6 heteroatoms. The van der Waals surface area contributed by atoms with Gasteiger partial charge in [0.25, 0.3) is 5.56 Å². The number of rotatable bonds is 3. The lowest BCUT2D eigenvalue weighted by molar-refractivity contribution is 0.627. The summed E-state index contributed by atoms with van der Waals surface area (Å²) in [5.74, 6) is 0.0159. The van der Waals surface area contributed by atoms with E-state index in [-0.39, 0.29) is 11.4 Å². The van der Waals surface area contributed by atoms with E-state index in [4.69, 9.17) is 0 Å². The summed E-state index contributed by atoms with van der Waals surface area (Å²) in [7, 11) is 0. The Kier molecular flexibility index (Phi) is 3.13.